The summed E-state index contributed by atoms with van der Waals surface area (Å²) in [5, 5.41) is 0. The summed E-state index contributed by atoms with van der Waals surface area (Å²) in [6, 6.07) is 0. The highest BCUT2D eigenvalue weighted by Crippen LogP contribution is 1.98. The molecule has 0 N–H and O–H groups in total. The van der Waals surface area contributed by atoms with Crippen LogP contribution < -0.4 is 0 Å². The topological polar surface area (TPSA) is 12.4 Å². The Bertz CT molecular complexity index is 199. The number of aliphatic imine (C=N–C) groups is 1. The van der Waals surface area contributed by atoms with Crippen LogP contribution in [-0.4, -0.2) is 5.71 Å². The molecule has 0 saturated heterocycles. The lowest BCUT2D eigenvalue weighted by atomic mass is 10.3. The molecule has 0 amide bonds. The van der Waals surface area contributed by atoms with E-state index in [2.05, 4.69) is 24.9 Å². The molecular formula is C10H17N. The lowest BCUT2D eigenvalue weighted by molar-refractivity contribution is 1.28. The maximum absolute atomic E-state index is 4.28. The fraction of sp³-hybridized carbons (Fsp3) is 0.500. The Balaban J connectivity index is 4.25. The summed E-state index contributed by atoms with van der Waals surface area (Å²) in [6.07, 6.45) is 4.10. The van der Waals surface area contributed by atoms with Crippen LogP contribution in [0.3, 0.4) is 0 Å². The molecule has 1 nitrogen and oxygen atoms in total. The average molecular weight is 151 g/mol. The molecule has 0 rings (SSSR count). The van der Waals surface area contributed by atoms with Gasteiger partial charge in [0, 0.05) is 11.4 Å². The van der Waals surface area contributed by atoms with Gasteiger partial charge in [0.15, 0.2) is 0 Å². The third kappa shape index (κ3) is 7.04. The zero-order valence-corrected chi connectivity index (χ0v) is 8.10. The maximum atomic E-state index is 4.28. The van der Waals surface area contributed by atoms with Crippen molar-refractivity contribution in [2.45, 2.75) is 34.6 Å². The Morgan fingerprint density at radius 3 is 1.82 bits per heavy atom. The summed E-state index contributed by atoms with van der Waals surface area (Å²) in [6.45, 7) is 10.2. The molecule has 0 aromatic heterocycles. The molecule has 0 aromatic rings. The number of rotatable bonds is 2. The van der Waals surface area contributed by atoms with Gasteiger partial charge in [-0.15, -0.1) is 0 Å². The number of hydrogen-bond acceptors (Lipinski definition) is 1. The standard InChI is InChI=1S/C10H17N/c1-8(2)6-7-10(5)11-9(3)4/h6-7H,1-5H3/b10-7+. The largest absolute Gasteiger partial charge is 0.263 e. The van der Waals surface area contributed by atoms with Crippen LogP contribution in [0.15, 0.2) is 28.4 Å². The van der Waals surface area contributed by atoms with Crippen LogP contribution in [0.25, 0.3) is 0 Å². The third-order valence-corrected chi connectivity index (χ3v) is 1.06. The molecule has 0 aliphatic rings. The van der Waals surface area contributed by atoms with E-state index >= 15 is 0 Å². The first kappa shape index (κ1) is 10.2. The quantitative estimate of drug-likeness (QED) is 0.424. The smallest absolute Gasteiger partial charge is 0.0371 e. The number of hydrogen-bond donors (Lipinski definition) is 0. The Kier molecular flexibility index (Phi) is 4.51. The molecule has 0 aromatic carbocycles. The molecule has 0 heterocycles. The van der Waals surface area contributed by atoms with E-state index in [1.54, 1.807) is 0 Å². The zero-order valence-electron chi connectivity index (χ0n) is 8.10. The van der Waals surface area contributed by atoms with Crippen LogP contribution in [0.1, 0.15) is 34.6 Å². The highest BCUT2D eigenvalue weighted by atomic mass is 14.7. The summed E-state index contributed by atoms with van der Waals surface area (Å²) in [7, 11) is 0. The Morgan fingerprint density at radius 1 is 0.909 bits per heavy atom. The lowest BCUT2D eigenvalue weighted by Gasteiger charge is -1.91. The van der Waals surface area contributed by atoms with Crippen molar-refractivity contribution in [2.75, 3.05) is 0 Å². The van der Waals surface area contributed by atoms with E-state index in [0.717, 1.165) is 11.4 Å². The normalized spacial score (nSPS) is 10.8. The second-order valence-electron chi connectivity index (χ2n) is 3.11. The first-order valence-electron chi connectivity index (χ1n) is 3.86. The minimum absolute atomic E-state index is 1.06. The molecule has 1 heteroatoms. The van der Waals surface area contributed by atoms with Crippen LogP contribution in [-0.2, 0) is 0 Å². The fourth-order valence-corrected chi connectivity index (χ4v) is 0.677. The summed E-state index contributed by atoms with van der Waals surface area (Å²) < 4.78 is 0. The van der Waals surface area contributed by atoms with E-state index in [9.17, 15) is 0 Å². The molecule has 0 radical (unpaired) electrons. The highest BCUT2D eigenvalue weighted by molar-refractivity contribution is 5.80. The van der Waals surface area contributed by atoms with Gasteiger partial charge in [0.2, 0.25) is 0 Å². The lowest BCUT2D eigenvalue weighted by Crippen LogP contribution is -1.80. The average Bonchev–Trinajstić information content (AvgIpc) is 1.82. The van der Waals surface area contributed by atoms with Gasteiger partial charge in [-0.05, 0) is 40.7 Å². The zero-order chi connectivity index (χ0) is 8.85. The minimum Gasteiger partial charge on any atom is -0.263 e. The molecule has 0 fully saturated rings. The minimum atomic E-state index is 1.06. The van der Waals surface area contributed by atoms with Crippen molar-refractivity contribution in [3.63, 3.8) is 0 Å². The molecule has 62 valence electrons. The van der Waals surface area contributed by atoms with Crippen LogP contribution in [0, 0.1) is 0 Å². The van der Waals surface area contributed by atoms with Crippen molar-refractivity contribution in [1.29, 1.82) is 0 Å². The second kappa shape index (κ2) is 4.89. The summed E-state index contributed by atoms with van der Waals surface area (Å²) in [5.41, 5.74) is 3.46. The van der Waals surface area contributed by atoms with Gasteiger partial charge < -0.3 is 0 Å². The first-order chi connectivity index (χ1) is 5.02. The molecule has 0 aliphatic heterocycles. The molecule has 0 saturated carbocycles. The molecule has 0 spiro atoms. The van der Waals surface area contributed by atoms with Gasteiger partial charge >= 0.3 is 0 Å². The third-order valence-electron chi connectivity index (χ3n) is 1.06. The predicted molar refractivity (Wildman–Crippen MR) is 52.0 cm³/mol. The van der Waals surface area contributed by atoms with E-state index in [0.29, 0.717) is 0 Å². The van der Waals surface area contributed by atoms with Gasteiger partial charge in [0.05, 0.1) is 0 Å². The van der Waals surface area contributed by atoms with Gasteiger partial charge in [0.25, 0.3) is 0 Å². The maximum Gasteiger partial charge on any atom is 0.0371 e. The molecule has 0 aliphatic carbocycles. The van der Waals surface area contributed by atoms with Crippen LogP contribution in [0.2, 0.25) is 0 Å². The second-order valence-corrected chi connectivity index (χ2v) is 3.11. The van der Waals surface area contributed by atoms with E-state index in [1.165, 1.54) is 5.57 Å². The molecular weight excluding hydrogens is 134 g/mol. The van der Waals surface area contributed by atoms with Crippen LogP contribution in [0.4, 0.5) is 0 Å². The van der Waals surface area contributed by atoms with Gasteiger partial charge in [-0.2, -0.15) is 0 Å². The van der Waals surface area contributed by atoms with Gasteiger partial charge in [0.1, 0.15) is 0 Å². The fourth-order valence-electron chi connectivity index (χ4n) is 0.677. The van der Waals surface area contributed by atoms with Crippen molar-refractivity contribution < 1.29 is 0 Å². The van der Waals surface area contributed by atoms with E-state index in [-0.39, 0.29) is 0 Å². The van der Waals surface area contributed by atoms with Gasteiger partial charge in [-0.1, -0.05) is 11.6 Å². The van der Waals surface area contributed by atoms with Gasteiger partial charge in [-0.3, -0.25) is 4.99 Å². The van der Waals surface area contributed by atoms with Crippen molar-refractivity contribution in [3.05, 3.63) is 23.4 Å². The Labute approximate surface area is 69.5 Å². The van der Waals surface area contributed by atoms with Crippen LogP contribution in [0.5, 0.6) is 0 Å². The summed E-state index contributed by atoms with van der Waals surface area (Å²) in [4.78, 5) is 4.28. The summed E-state index contributed by atoms with van der Waals surface area (Å²) >= 11 is 0. The first-order valence-corrected chi connectivity index (χ1v) is 3.86. The predicted octanol–water partition coefficient (Wildman–Crippen LogP) is 3.34. The van der Waals surface area contributed by atoms with Crippen molar-refractivity contribution in [3.8, 4) is 0 Å². The SMILES string of the molecule is CC(C)=C/C=C(\C)N=C(C)C. The number of nitrogens with zero attached hydrogens (tertiary/aromatic N) is 1. The Hall–Kier alpha value is -0.850. The van der Waals surface area contributed by atoms with E-state index in [4.69, 9.17) is 0 Å². The molecule has 0 atom stereocenters. The Morgan fingerprint density at radius 2 is 1.45 bits per heavy atom. The molecule has 0 bridgehead atoms. The van der Waals surface area contributed by atoms with Crippen LogP contribution >= 0.6 is 0 Å². The molecule has 11 heavy (non-hydrogen) atoms. The highest BCUT2D eigenvalue weighted by Gasteiger charge is 1.81. The van der Waals surface area contributed by atoms with Crippen molar-refractivity contribution in [2.24, 2.45) is 4.99 Å². The molecule has 0 unspecified atom stereocenters. The van der Waals surface area contributed by atoms with Gasteiger partial charge in [-0.25, -0.2) is 0 Å². The summed E-state index contributed by atoms with van der Waals surface area (Å²) in [5.74, 6) is 0. The monoisotopic (exact) mass is 151 g/mol. The van der Waals surface area contributed by atoms with E-state index < -0.39 is 0 Å². The van der Waals surface area contributed by atoms with E-state index in [1.807, 2.05) is 26.8 Å². The van der Waals surface area contributed by atoms with Crippen molar-refractivity contribution in [1.82, 2.24) is 0 Å². The number of allylic oxidation sites excluding steroid dienone is 4. The van der Waals surface area contributed by atoms with Crippen molar-refractivity contribution >= 4 is 5.71 Å².